The van der Waals surface area contributed by atoms with E-state index in [1.807, 2.05) is 0 Å². The first-order valence-electron chi connectivity index (χ1n) is 6.94. The van der Waals surface area contributed by atoms with E-state index in [9.17, 15) is 0 Å². The lowest BCUT2D eigenvalue weighted by molar-refractivity contribution is 0.232. The minimum atomic E-state index is 0. The smallest absolute Gasteiger partial charge is 0.188 e. The van der Waals surface area contributed by atoms with E-state index in [0.717, 1.165) is 26.1 Å². The summed E-state index contributed by atoms with van der Waals surface area (Å²) in [6, 6.07) is 0. The van der Waals surface area contributed by atoms with Crippen LogP contribution in [0.3, 0.4) is 0 Å². The summed E-state index contributed by atoms with van der Waals surface area (Å²) in [6.07, 6.45) is 5.19. The zero-order valence-corrected chi connectivity index (χ0v) is 14.2. The van der Waals surface area contributed by atoms with Gasteiger partial charge in [-0.05, 0) is 38.3 Å². The van der Waals surface area contributed by atoms with Gasteiger partial charge in [-0.25, -0.2) is 0 Å². The van der Waals surface area contributed by atoms with Crippen molar-refractivity contribution in [1.29, 1.82) is 0 Å². The normalized spacial score (nSPS) is 17.6. The highest BCUT2D eigenvalue weighted by atomic mass is 127. The average Bonchev–Trinajstić information content (AvgIpc) is 2.30. The van der Waals surface area contributed by atoms with Crippen LogP contribution in [0.4, 0.5) is 0 Å². The molecule has 18 heavy (non-hydrogen) atoms. The molecule has 0 unspecified atom stereocenters. The van der Waals surface area contributed by atoms with Gasteiger partial charge in [0.1, 0.15) is 0 Å². The highest BCUT2D eigenvalue weighted by Gasteiger charge is 2.08. The van der Waals surface area contributed by atoms with Crippen LogP contribution in [0.25, 0.3) is 0 Å². The standard InChI is InChI=1S/C13H28N4.HI/c1-12(2)6-7-15-13(14)16-8-11-17-9-4-3-5-10-17;/h12H,3-11H2,1-2H3,(H3,14,15,16);1H. The van der Waals surface area contributed by atoms with Crippen LogP contribution in [0.5, 0.6) is 0 Å². The molecule has 0 amide bonds. The molecule has 0 spiro atoms. The number of nitrogens with zero attached hydrogens (tertiary/aromatic N) is 2. The molecule has 5 heteroatoms. The molecule has 0 bridgehead atoms. The van der Waals surface area contributed by atoms with Crippen molar-refractivity contribution in [2.75, 3.05) is 32.7 Å². The molecule has 4 nitrogen and oxygen atoms in total. The maximum atomic E-state index is 5.80. The average molecular weight is 368 g/mol. The molecule has 108 valence electrons. The minimum Gasteiger partial charge on any atom is -0.370 e. The van der Waals surface area contributed by atoms with Gasteiger partial charge in [-0.2, -0.15) is 0 Å². The molecule has 1 aliphatic rings. The lowest BCUT2D eigenvalue weighted by Gasteiger charge is -2.26. The molecule has 0 saturated carbocycles. The van der Waals surface area contributed by atoms with E-state index in [1.54, 1.807) is 0 Å². The Morgan fingerprint density at radius 2 is 1.94 bits per heavy atom. The molecule has 0 radical (unpaired) electrons. The van der Waals surface area contributed by atoms with Gasteiger partial charge >= 0.3 is 0 Å². The summed E-state index contributed by atoms with van der Waals surface area (Å²) in [4.78, 5) is 6.81. The van der Waals surface area contributed by atoms with Gasteiger partial charge in [-0.3, -0.25) is 4.99 Å². The van der Waals surface area contributed by atoms with Crippen molar-refractivity contribution in [2.45, 2.75) is 39.5 Å². The summed E-state index contributed by atoms with van der Waals surface area (Å²) < 4.78 is 0. The first-order valence-corrected chi connectivity index (χ1v) is 6.94. The zero-order chi connectivity index (χ0) is 12.5. The fourth-order valence-electron chi connectivity index (χ4n) is 2.02. The topological polar surface area (TPSA) is 53.6 Å². The predicted molar refractivity (Wildman–Crippen MR) is 89.7 cm³/mol. The molecule has 0 aromatic heterocycles. The Labute approximate surface area is 129 Å². The van der Waals surface area contributed by atoms with Gasteiger partial charge in [0.15, 0.2) is 5.96 Å². The van der Waals surface area contributed by atoms with Crippen LogP contribution in [-0.4, -0.2) is 43.6 Å². The number of halogens is 1. The van der Waals surface area contributed by atoms with Gasteiger partial charge in [0.2, 0.25) is 0 Å². The first kappa shape index (κ1) is 18.0. The molecule has 1 fully saturated rings. The number of piperidine rings is 1. The van der Waals surface area contributed by atoms with E-state index in [2.05, 4.69) is 29.1 Å². The minimum absolute atomic E-state index is 0. The largest absolute Gasteiger partial charge is 0.370 e. The highest BCUT2D eigenvalue weighted by Crippen LogP contribution is 2.07. The van der Waals surface area contributed by atoms with Crippen LogP contribution >= 0.6 is 24.0 Å². The Morgan fingerprint density at radius 3 is 2.56 bits per heavy atom. The predicted octanol–water partition coefficient (Wildman–Crippen LogP) is 2.04. The maximum Gasteiger partial charge on any atom is 0.188 e. The molecule has 0 aromatic rings. The van der Waals surface area contributed by atoms with Crippen LogP contribution in [0.1, 0.15) is 39.5 Å². The fraction of sp³-hybridized carbons (Fsp3) is 0.923. The molecule has 3 N–H and O–H groups in total. The Bertz CT molecular complexity index is 225. The third-order valence-corrected chi connectivity index (χ3v) is 3.17. The number of likely N-dealkylation sites (tertiary alicyclic amines) is 1. The molecule has 1 saturated heterocycles. The SMILES string of the molecule is CC(C)CCN=C(N)NCCN1CCCCC1.I. The third kappa shape index (κ3) is 8.97. The summed E-state index contributed by atoms with van der Waals surface area (Å²) in [5.74, 6) is 1.29. The van der Waals surface area contributed by atoms with Crippen molar-refractivity contribution in [3.05, 3.63) is 0 Å². The number of nitrogens with two attached hydrogens (primary N) is 1. The molecular weight excluding hydrogens is 339 g/mol. The number of guanidine groups is 1. The van der Waals surface area contributed by atoms with Crippen LogP contribution in [0.2, 0.25) is 0 Å². The van der Waals surface area contributed by atoms with Gasteiger partial charge in [0, 0.05) is 19.6 Å². The van der Waals surface area contributed by atoms with Gasteiger partial charge in [-0.15, -0.1) is 24.0 Å². The Morgan fingerprint density at radius 1 is 1.28 bits per heavy atom. The van der Waals surface area contributed by atoms with Gasteiger partial charge in [0.25, 0.3) is 0 Å². The third-order valence-electron chi connectivity index (χ3n) is 3.17. The Balaban J connectivity index is 0.00000289. The number of rotatable bonds is 6. The van der Waals surface area contributed by atoms with E-state index in [4.69, 9.17) is 5.73 Å². The van der Waals surface area contributed by atoms with Crippen LogP contribution < -0.4 is 11.1 Å². The van der Waals surface area contributed by atoms with Gasteiger partial charge in [0.05, 0.1) is 0 Å². The summed E-state index contributed by atoms with van der Waals surface area (Å²) in [5, 5.41) is 3.19. The van der Waals surface area contributed by atoms with E-state index in [1.165, 1.54) is 32.4 Å². The number of aliphatic imine (C=N–C) groups is 1. The summed E-state index contributed by atoms with van der Waals surface area (Å²) in [5.41, 5.74) is 5.80. The second-order valence-electron chi connectivity index (χ2n) is 5.28. The van der Waals surface area contributed by atoms with Crippen molar-refractivity contribution >= 4 is 29.9 Å². The second kappa shape index (κ2) is 10.8. The monoisotopic (exact) mass is 368 g/mol. The lowest BCUT2D eigenvalue weighted by Crippen LogP contribution is -2.40. The van der Waals surface area contributed by atoms with E-state index in [0.29, 0.717) is 11.9 Å². The molecule has 1 rings (SSSR count). The van der Waals surface area contributed by atoms with Crippen molar-refractivity contribution in [3.63, 3.8) is 0 Å². The van der Waals surface area contributed by atoms with Crippen molar-refractivity contribution < 1.29 is 0 Å². The fourth-order valence-corrected chi connectivity index (χ4v) is 2.02. The number of hydrogen-bond donors (Lipinski definition) is 2. The summed E-state index contributed by atoms with van der Waals surface area (Å²) >= 11 is 0. The first-order chi connectivity index (χ1) is 8.18. The lowest BCUT2D eigenvalue weighted by atomic mass is 10.1. The molecular formula is C13H29IN4. The van der Waals surface area contributed by atoms with Crippen LogP contribution in [0, 0.1) is 5.92 Å². The van der Waals surface area contributed by atoms with Gasteiger partial charge in [-0.1, -0.05) is 20.3 Å². The molecule has 0 aliphatic carbocycles. The Kier molecular flexibility index (Phi) is 10.8. The van der Waals surface area contributed by atoms with E-state index in [-0.39, 0.29) is 24.0 Å². The van der Waals surface area contributed by atoms with Crippen molar-refractivity contribution in [2.24, 2.45) is 16.6 Å². The molecule has 1 aliphatic heterocycles. The van der Waals surface area contributed by atoms with E-state index < -0.39 is 0 Å². The van der Waals surface area contributed by atoms with Crippen molar-refractivity contribution in [3.8, 4) is 0 Å². The summed E-state index contributed by atoms with van der Waals surface area (Å²) in [7, 11) is 0. The second-order valence-corrected chi connectivity index (χ2v) is 5.28. The summed E-state index contributed by atoms with van der Waals surface area (Å²) in [6.45, 7) is 9.72. The Hall–Kier alpha value is -0.0400. The zero-order valence-electron chi connectivity index (χ0n) is 11.8. The quantitative estimate of drug-likeness (QED) is 0.429. The van der Waals surface area contributed by atoms with Gasteiger partial charge < -0.3 is 16.0 Å². The maximum absolute atomic E-state index is 5.80. The highest BCUT2D eigenvalue weighted by molar-refractivity contribution is 14.0. The molecule has 0 aromatic carbocycles. The number of hydrogen-bond acceptors (Lipinski definition) is 2. The number of nitrogens with one attached hydrogen (secondary N) is 1. The van der Waals surface area contributed by atoms with Crippen molar-refractivity contribution in [1.82, 2.24) is 10.2 Å². The molecule has 1 heterocycles. The van der Waals surface area contributed by atoms with Crippen LogP contribution in [-0.2, 0) is 0 Å². The molecule has 0 atom stereocenters. The van der Waals surface area contributed by atoms with E-state index >= 15 is 0 Å². The van der Waals surface area contributed by atoms with Crippen LogP contribution in [0.15, 0.2) is 4.99 Å².